The first kappa shape index (κ1) is 14.1. The van der Waals surface area contributed by atoms with E-state index in [-0.39, 0.29) is 18.2 Å². The van der Waals surface area contributed by atoms with Crippen LogP contribution in [0.25, 0.3) is 6.08 Å². The Kier molecular flexibility index (Phi) is 5.27. The Morgan fingerprint density at radius 2 is 1.94 bits per heavy atom. The van der Waals surface area contributed by atoms with Gasteiger partial charge in [-0.1, -0.05) is 24.3 Å². The number of aliphatic hydroxyl groups excluding tert-OH is 1. The van der Waals surface area contributed by atoms with Crippen LogP contribution in [0.5, 0.6) is 0 Å². The summed E-state index contributed by atoms with van der Waals surface area (Å²) in [7, 11) is 0. The van der Waals surface area contributed by atoms with Crippen LogP contribution in [-0.4, -0.2) is 29.4 Å². The summed E-state index contributed by atoms with van der Waals surface area (Å²) in [6.45, 7) is 3.34. The zero-order valence-corrected chi connectivity index (χ0v) is 10.5. The molecule has 0 spiro atoms. The maximum absolute atomic E-state index is 11.3. The lowest BCUT2D eigenvalue weighted by molar-refractivity contribution is -0.116. The molecule has 0 aliphatic heterocycles. The SMILES string of the molecule is CC(=O)c1ccc(/C=C/C(=O)NC[C@@H](C)O)cc1. The van der Waals surface area contributed by atoms with Gasteiger partial charge in [-0.15, -0.1) is 0 Å². The summed E-state index contributed by atoms with van der Waals surface area (Å²) < 4.78 is 0. The zero-order chi connectivity index (χ0) is 13.5. The number of ketones is 1. The van der Waals surface area contributed by atoms with Crippen LogP contribution in [0, 0.1) is 0 Å². The van der Waals surface area contributed by atoms with Gasteiger partial charge in [-0.25, -0.2) is 0 Å². The number of carbonyl (C=O) groups excluding carboxylic acids is 2. The molecule has 0 saturated carbocycles. The van der Waals surface area contributed by atoms with Crippen LogP contribution in [0.3, 0.4) is 0 Å². The minimum Gasteiger partial charge on any atom is -0.392 e. The Bertz CT molecular complexity index is 447. The van der Waals surface area contributed by atoms with E-state index in [4.69, 9.17) is 5.11 Å². The number of amides is 1. The molecule has 4 nitrogen and oxygen atoms in total. The second kappa shape index (κ2) is 6.71. The summed E-state index contributed by atoms with van der Waals surface area (Å²) in [6, 6.07) is 6.98. The number of aliphatic hydroxyl groups is 1. The Labute approximate surface area is 106 Å². The van der Waals surface area contributed by atoms with Crippen LogP contribution < -0.4 is 5.32 Å². The van der Waals surface area contributed by atoms with Gasteiger partial charge in [0.1, 0.15) is 0 Å². The van der Waals surface area contributed by atoms with Crippen LogP contribution in [0.1, 0.15) is 29.8 Å². The molecule has 18 heavy (non-hydrogen) atoms. The predicted molar refractivity (Wildman–Crippen MR) is 70.2 cm³/mol. The molecule has 1 aromatic rings. The van der Waals surface area contributed by atoms with Crippen molar-refractivity contribution in [3.05, 3.63) is 41.5 Å². The van der Waals surface area contributed by atoms with E-state index < -0.39 is 6.10 Å². The van der Waals surface area contributed by atoms with Gasteiger partial charge in [0.05, 0.1) is 6.10 Å². The molecule has 0 saturated heterocycles. The Morgan fingerprint density at radius 1 is 1.33 bits per heavy atom. The number of rotatable bonds is 5. The lowest BCUT2D eigenvalue weighted by Crippen LogP contribution is -2.28. The summed E-state index contributed by atoms with van der Waals surface area (Å²) in [5.41, 5.74) is 1.48. The summed E-state index contributed by atoms with van der Waals surface area (Å²) in [4.78, 5) is 22.4. The zero-order valence-electron chi connectivity index (χ0n) is 10.5. The van der Waals surface area contributed by atoms with Crippen LogP contribution in [-0.2, 0) is 4.79 Å². The van der Waals surface area contributed by atoms with Crippen molar-refractivity contribution in [1.29, 1.82) is 0 Å². The van der Waals surface area contributed by atoms with E-state index in [1.807, 2.05) is 0 Å². The largest absolute Gasteiger partial charge is 0.392 e. The molecule has 0 aromatic heterocycles. The lowest BCUT2D eigenvalue weighted by Gasteiger charge is -2.03. The highest BCUT2D eigenvalue weighted by Crippen LogP contribution is 2.06. The third-order valence-corrected chi connectivity index (χ3v) is 2.32. The number of Topliss-reactive ketones (excluding diaryl/α,β-unsaturated/α-hetero) is 1. The van der Waals surface area contributed by atoms with Gasteiger partial charge in [-0.3, -0.25) is 9.59 Å². The van der Waals surface area contributed by atoms with E-state index in [1.54, 1.807) is 37.3 Å². The Morgan fingerprint density at radius 3 is 2.44 bits per heavy atom. The molecule has 2 N–H and O–H groups in total. The van der Waals surface area contributed by atoms with Gasteiger partial charge in [0, 0.05) is 18.2 Å². The molecule has 1 rings (SSSR count). The smallest absolute Gasteiger partial charge is 0.244 e. The highest BCUT2D eigenvalue weighted by atomic mass is 16.3. The molecule has 1 aromatic carbocycles. The number of hydrogen-bond acceptors (Lipinski definition) is 3. The molecular formula is C14H17NO3. The van der Waals surface area contributed by atoms with Gasteiger partial charge in [0.2, 0.25) is 5.91 Å². The molecule has 96 valence electrons. The molecule has 1 amide bonds. The number of hydrogen-bond donors (Lipinski definition) is 2. The maximum atomic E-state index is 11.3. The molecule has 0 fully saturated rings. The molecule has 0 aliphatic carbocycles. The van der Waals surface area contributed by atoms with Gasteiger partial charge in [-0.2, -0.15) is 0 Å². The van der Waals surface area contributed by atoms with Crippen molar-refractivity contribution >= 4 is 17.8 Å². The minimum absolute atomic E-state index is 0.0141. The van der Waals surface area contributed by atoms with Gasteiger partial charge >= 0.3 is 0 Å². The van der Waals surface area contributed by atoms with Crippen molar-refractivity contribution in [2.75, 3.05) is 6.54 Å². The van der Waals surface area contributed by atoms with Crippen LogP contribution in [0.15, 0.2) is 30.3 Å². The highest BCUT2D eigenvalue weighted by molar-refractivity contribution is 5.94. The Hall–Kier alpha value is -1.94. The molecular weight excluding hydrogens is 230 g/mol. The molecule has 0 bridgehead atoms. The minimum atomic E-state index is -0.558. The topological polar surface area (TPSA) is 66.4 Å². The van der Waals surface area contributed by atoms with Gasteiger partial charge in [0.25, 0.3) is 0 Å². The van der Waals surface area contributed by atoms with Gasteiger partial charge in [0.15, 0.2) is 5.78 Å². The maximum Gasteiger partial charge on any atom is 0.244 e. The standard InChI is InChI=1S/C14H17NO3/c1-10(16)9-15-14(18)8-5-12-3-6-13(7-4-12)11(2)17/h3-8,10,16H,9H2,1-2H3,(H,15,18)/b8-5+/t10-/m1/s1. The fourth-order valence-electron chi connectivity index (χ4n) is 1.31. The van der Waals surface area contributed by atoms with Crippen LogP contribution in [0.2, 0.25) is 0 Å². The Balaban J connectivity index is 2.56. The first-order valence-corrected chi connectivity index (χ1v) is 5.74. The number of benzene rings is 1. The monoisotopic (exact) mass is 247 g/mol. The first-order valence-electron chi connectivity index (χ1n) is 5.74. The average molecular weight is 247 g/mol. The number of nitrogens with one attached hydrogen (secondary N) is 1. The third-order valence-electron chi connectivity index (χ3n) is 2.32. The molecule has 1 atom stereocenters. The fraction of sp³-hybridized carbons (Fsp3) is 0.286. The van der Waals surface area contributed by atoms with Gasteiger partial charge < -0.3 is 10.4 Å². The third kappa shape index (κ3) is 4.93. The molecule has 0 unspecified atom stereocenters. The van der Waals surface area contributed by atoms with E-state index in [2.05, 4.69) is 5.32 Å². The van der Waals surface area contributed by atoms with E-state index in [1.165, 1.54) is 13.0 Å². The van der Waals surface area contributed by atoms with Crippen molar-refractivity contribution in [1.82, 2.24) is 5.32 Å². The van der Waals surface area contributed by atoms with E-state index >= 15 is 0 Å². The predicted octanol–water partition coefficient (Wildman–Crippen LogP) is 1.40. The van der Waals surface area contributed by atoms with Crippen molar-refractivity contribution in [2.45, 2.75) is 20.0 Å². The average Bonchev–Trinajstić information content (AvgIpc) is 2.34. The highest BCUT2D eigenvalue weighted by Gasteiger charge is 1.99. The normalized spacial score (nSPS) is 12.4. The second-order valence-corrected chi connectivity index (χ2v) is 4.11. The van der Waals surface area contributed by atoms with Gasteiger partial charge in [-0.05, 0) is 25.5 Å². The van der Waals surface area contributed by atoms with E-state index in [9.17, 15) is 9.59 Å². The first-order chi connectivity index (χ1) is 8.49. The summed E-state index contributed by atoms with van der Waals surface area (Å²) in [6.07, 6.45) is 2.49. The van der Waals surface area contributed by atoms with Crippen LogP contribution >= 0.6 is 0 Å². The molecule has 0 aliphatic rings. The summed E-state index contributed by atoms with van der Waals surface area (Å²) in [5.74, 6) is -0.244. The lowest BCUT2D eigenvalue weighted by atomic mass is 10.1. The fourth-order valence-corrected chi connectivity index (χ4v) is 1.31. The van der Waals surface area contributed by atoms with Crippen molar-refractivity contribution in [2.24, 2.45) is 0 Å². The molecule has 0 radical (unpaired) electrons. The van der Waals surface area contributed by atoms with E-state index in [0.29, 0.717) is 5.56 Å². The summed E-state index contributed by atoms with van der Waals surface area (Å²) >= 11 is 0. The van der Waals surface area contributed by atoms with E-state index in [0.717, 1.165) is 5.56 Å². The number of carbonyl (C=O) groups is 2. The van der Waals surface area contributed by atoms with Crippen LogP contribution in [0.4, 0.5) is 0 Å². The molecule has 0 heterocycles. The molecule has 4 heteroatoms. The van der Waals surface area contributed by atoms with Crippen molar-refractivity contribution in [3.8, 4) is 0 Å². The van der Waals surface area contributed by atoms with Crippen molar-refractivity contribution < 1.29 is 14.7 Å². The second-order valence-electron chi connectivity index (χ2n) is 4.11. The summed E-state index contributed by atoms with van der Waals surface area (Å²) in [5, 5.41) is 11.6. The van der Waals surface area contributed by atoms with Crippen molar-refractivity contribution in [3.63, 3.8) is 0 Å². The quantitative estimate of drug-likeness (QED) is 0.610.